The van der Waals surface area contributed by atoms with Gasteiger partial charge in [0.1, 0.15) is 11.3 Å². The molecule has 0 fully saturated rings. The number of hydrogen-bond donors (Lipinski definition) is 2. The first-order chi connectivity index (χ1) is 12.9. The van der Waals surface area contributed by atoms with Crippen LogP contribution in [0.2, 0.25) is 0 Å². The molecule has 0 aromatic heterocycles. The third-order valence-corrected chi connectivity index (χ3v) is 4.14. The van der Waals surface area contributed by atoms with E-state index in [1.807, 2.05) is 19.1 Å². The van der Waals surface area contributed by atoms with Crippen LogP contribution in [0, 0.1) is 5.92 Å². The summed E-state index contributed by atoms with van der Waals surface area (Å²) in [6.45, 7) is 1.81. The summed E-state index contributed by atoms with van der Waals surface area (Å²) in [6.07, 6.45) is 0.510. The second-order valence-corrected chi connectivity index (χ2v) is 6.00. The molecule has 1 atom stereocenters. The van der Waals surface area contributed by atoms with Crippen LogP contribution in [-0.2, 0) is 11.2 Å². The molecule has 0 spiro atoms. The van der Waals surface area contributed by atoms with Gasteiger partial charge in [0, 0.05) is 17.7 Å². The second-order valence-electron chi connectivity index (χ2n) is 6.00. The molecule has 0 aliphatic carbocycles. The second kappa shape index (κ2) is 8.93. The Morgan fingerprint density at radius 3 is 2.22 bits per heavy atom. The number of carbonyl (C=O) groups is 2. The quantitative estimate of drug-likeness (QED) is 0.738. The van der Waals surface area contributed by atoms with Gasteiger partial charge in [-0.3, -0.25) is 4.79 Å². The van der Waals surface area contributed by atoms with Crippen LogP contribution in [0.1, 0.15) is 22.8 Å². The number of nitrogens with one attached hydrogen (secondary N) is 1. The molecule has 0 aliphatic heterocycles. The monoisotopic (exact) mass is 373 g/mol. The van der Waals surface area contributed by atoms with Gasteiger partial charge >= 0.3 is 5.97 Å². The molecular formula is C20H23NO6. The van der Waals surface area contributed by atoms with Crippen molar-refractivity contribution < 1.29 is 28.9 Å². The van der Waals surface area contributed by atoms with E-state index in [9.17, 15) is 9.59 Å². The van der Waals surface area contributed by atoms with Gasteiger partial charge in [0.15, 0.2) is 11.5 Å². The molecule has 0 bridgehead atoms. The average molecular weight is 373 g/mol. The summed E-state index contributed by atoms with van der Waals surface area (Å²) in [4.78, 5) is 23.6. The third kappa shape index (κ3) is 4.91. The maximum Gasteiger partial charge on any atom is 0.339 e. The molecule has 0 saturated heterocycles. The molecule has 0 aliphatic rings. The van der Waals surface area contributed by atoms with Crippen molar-refractivity contribution in [1.82, 2.24) is 0 Å². The lowest BCUT2D eigenvalue weighted by atomic mass is 9.99. The molecule has 1 amide bonds. The fourth-order valence-electron chi connectivity index (χ4n) is 2.66. The molecule has 0 heterocycles. The van der Waals surface area contributed by atoms with Gasteiger partial charge < -0.3 is 24.6 Å². The van der Waals surface area contributed by atoms with E-state index in [-0.39, 0.29) is 23.1 Å². The van der Waals surface area contributed by atoms with E-state index in [1.165, 1.54) is 25.3 Å². The fourth-order valence-corrected chi connectivity index (χ4v) is 2.66. The summed E-state index contributed by atoms with van der Waals surface area (Å²) < 4.78 is 15.6. The van der Waals surface area contributed by atoms with Crippen molar-refractivity contribution in [3.8, 4) is 17.2 Å². The fraction of sp³-hybridized carbons (Fsp3) is 0.300. The Labute approximate surface area is 157 Å². The summed E-state index contributed by atoms with van der Waals surface area (Å²) in [6, 6.07) is 9.95. The van der Waals surface area contributed by atoms with Crippen LogP contribution in [0.25, 0.3) is 0 Å². The lowest BCUT2D eigenvalue weighted by molar-refractivity contribution is -0.119. The number of carboxylic acids is 1. The van der Waals surface area contributed by atoms with Crippen molar-refractivity contribution in [3.63, 3.8) is 0 Å². The van der Waals surface area contributed by atoms with Crippen LogP contribution in [0.3, 0.4) is 0 Å². The highest BCUT2D eigenvalue weighted by Gasteiger charge is 2.17. The van der Waals surface area contributed by atoms with Crippen LogP contribution in [-0.4, -0.2) is 38.3 Å². The summed E-state index contributed by atoms with van der Waals surface area (Å²) in [5.74, 6) is -0.164. The highest BCUT2D eigenvalue weighted by Crippen LogP contribution is 2.29. The third-order valence-electron chi connectivity index (χ3n) is 4.14. The van der Waals surface area contributed by atoms with Crippen LogP contribution >= 0.6 is 0 Å². The Morgan fingerprint density at radius 1 is 0.963 bits per heavy atom. The van der Waals surface area contributed by atoms with Crippen LogP contribution < -0.4 is 19.5 Å². The number of benzene rings is 2. The Morgan fingerprint density at radius 2 is 1.63 bits per heavy atom. The van der Waals surface area contributed by atoms with Crippen LogP contribution in [0.15, 0.2) is 36.4 Å². The predicted octanol–water partition coefficient (Wildman–Crippen LogP) is 3.23. The van der Waals surface area contributed by atoms with E-state index in [0.717, 1.165) is 5.56 Å². The number of methoxy groups -OCH3 is 3. The zero-order valence-corrected chi connectivity index (χ0v) is 15.7. The van der Waals surface area contributed by atoms with Gasteiger partial charge in [0.25, 0.3) is 0 Å². The number of amides is 1. The van der Waals surface area contributed by atoms with Gasteiger partial charge in [-0.1, -0.05) is 13.0 Å². The topological polar surface area (TPSA) is 94.1 Å². The predicted molar refractivity (Wildman–Crippen MR) is 101 cm³/mol. The first-order valence-corrected chi connectivity index (χ1v) is 8.32. The first-order valence-electron chi connectivity index (χ1n) is 8.32. The number of hydrogen-bond acceptors (Lipinski definition) is 5. The first kappa shape index (κ1) is 20.1. The molecule has 2 N–H and O–H groups in total. The van der Waals surface area contributed by atoms with E-state index in [0.29, 0.717) is 23.6 Å². The van der Waals surface area contributed by atoms with E-state index in [2.05, 4.69) is 5.32 Å². The van der Waals surface area contributed by atoms with Gasteiger partial charge in [-0.05, 0) is 36.2 Å². The van der Waals surface area contributed by atoms with E-state index >= 15 is 0 Å². The van der Waals surface area contributed by atoms with Crippen molar-refractivity contribution in [3.05, 3.63) is 47.5 Å². The molecular weight excluding hydrogens is 350 g/mol. The molecule has 0 saturated carbocycles. The van der Waals surface area contributed by atoms with E-state index in [4.69, 9.17) is 19.3 Å². The summed E-state index contributed by atoms with van der Waals surface area (Å²) >= 11 is 0. The molecule has 27 heavy (non-hydrogen) atoms. The number of ether oxygens (including phenoxy) is 3. The number of rotatable bonds is 8. The summed E-state index contributed by atoms with van der Waals surface area (Å²) in [7, 11) is 4.51. The highest BCUT2D eigenvalue weighted by molar-refractivity contribution is 5.95. The minimum atomic E-state index is -1.09. The van der Waals surface area contributed by atoms with E-state index in [1.54, 1.807) is 20.3 Å². The van der Waals surface area contributed by atoms with Gasteiger partial charge in [-0.15, -0.1) is 0 Å². The normalized spacial score (nSPS) is 11.4. The van der Waals surface area contributed by atoms with Gasteiger partial charge in [-0.25, -0.2) is 4.79 Å². The standard InChI is InChI=1S/C20H23NO6/c1-12(9-13-5-8-16(25-2)18(10-13)27-4)19(22)21-14-6-7-15(20(23)24)17(11-14)26-3/h5-8,10-12H,9H2,1-4H3,(H,21,22)(H,23,24). The maximum absolute atomic E-state index is 12.5. The zero-order valence-electron chi connectivity index (χ0n) is 15.7. The maximum atomic E-state index is 12.5. The van der Waals surface area contributed by atoms with Crippen LogP contribution in [0.4, 0.5) is 5.69 Å². The minimum absolute atomic E-state index is 0.0360. The molecule has 2 aromatic rings. The largest absolute Gasteiger partial charge is 0.496 e. The van der Waals surface area contributed by atoms with Crippen molar-refractivity contribution >= 4 is 17.6 Å². The Balaban J connectivity index is 2.09. The Hall–Kier alpha value is -3.22. The van der Waals surface area contributed by atoms with Crippen molar-refractivity contribution in [1.29, 1.82) is 0 Å². The molecule has 0 radical (unpaired) electrons. The Bertz CT molecular complexity index is 833. The molecule has 7 heteroatoms. The van der Waals surface area contributed by atoms with Gasteiger partial charge in [0.05, 0.1) is 21.3 Å². The van der Waals surface area contributed by atoms with Crippen molar-refractivity contribution in [2.45, 2.75) is 13.3 Å². The lowest BCUT2D eigenvalue weighted by Gasteiger charge is -2.15. The SMILES string of the molecule is COc1ccc(CC(C)C(=O)Nc2ccc(C(=O)O)c(OC)c2)cc1OC. The minimum Gasteiger partial charge on any atom is -0.496 e. The molecule has 7 nitrogen and oxygen atoms in total. The van der Waals surface area contributed by atoms with Crippen molar-refractivity contribution in [2.75, 3.05) is 26.6 Å². The van der Waals surface area contributed by atoms with Crippen molar-refractivity contribution in [2.24, 2.45) is 5.92 Å². The summed E-state index contributed by atoms with van der Waals surface area (Å²) in [5, 5.41) is 11.9. The molecule has 2 aromatic carbocycles. The van der Waals surface area contributed by atoms with Gasteiger partial charge in [-0.2, -0.15) is 0 Å². The highest BCUT2D eigenvalue weighted by atomic mass is 16.5. The van der Waals surface area contributed by atoms with E-state index < -0.39 is 5.97 Å². The Kier molecular flexibility index (Phi) is 6.65. The number of carbonyl (C=O) groups excluding carboxylic acids is 1. The average Bonchev–Trinajstić information content (AvgIpc) is 2.67. The number of anilines is 1. The summed E-state index contributed by atoms with van der Waals surface area (Å²) in [5.41, 5.74) is 1.45. The molecule has 1 unspecified atom stereocenters. The number of carboxylic acid groups (broad SMARTS) is 1. The number of aromatic carboxylic acids is 1. The molecule has 2 rings (SSSR count). The van der Waals surface area contributed by atoms with Crippen LogP contribution in [0.5, 0.6) is 17.2 Å². The molecule has 144 valence electrons. The smallest absolute Gasteiger partial charge is 0.339 e. The van der Waals surface area contributed by atoms with Gasteiger partial charge in [0.2, 0.25) is 5.91 Å². The lowest BCUT2D eigenvalue weighted by Crippen LogP contribution is -2.22. The zero-order chi connectivity index (χ0) is 20.0.